The van der Waals surface area contributed by atoms with Gasteiger partial charge in [0.05, 0.1) is 5.69 Å². The molecule has 0 unspecified atom stereocenters. The molecule has 90 valence electrons. The standard InChI is InChI=1S/C12H13ClN2OS/c1-7-8(2)17-12(15-7)16-10-4-3-9(6-14)11(13)5-10/h3-5H,6,14H2,1-2H3. The normalized spacial score (nSPS) is 10.6. The Morgan fingerprint density at radius 1 is 1.41 bits per heavy atom. The van der Waals surface area contributed by atoms with E-state index in [4.69, 9.17) is 22.1 Å². The van der Waals surface area contributed by atoms with E-state index < -0.39 is 0 Å². The third-order valence-corrected chi connectivity index (χ3v) is 3.76. The van der Waals surface area contributed by atoms with Gasteiger partial charge >= 0.3 is 0 Å². The molecular weight excluding hydrogens is 256 g/mol. The SMILES string of the molecule is Cc1nc(Oc2ccc(CN)c(Cl)c2)sc1C. The first kappa shape index (κ1) is 12.4. The molecule has 2 rings (SSSR count). The van der Waals surface area contributed by atoms with E-state index >= 15 is 0 Å². The van der Waals surface area contributed by atoms with E-state index in [0.717, 1.165) is 16.1 Å². The van der Waals surface area contributed by atoms with Crippen molar-refractivity contribution in [3.05, 3.63) is 39.4 Å². The monoisotopic (exact) mass is 268 g/mol. The fourth-order valence-corrected chi connectivity index (χ4v) is 2.37. The highest BCUT2D eigenvalue weighted by Crippen LogP contribution is 2.30. The molecule has 0 amide bonds. The number of rotatable bonds is 3. The summed E-state index contributed by atoms with van der Waals surface area (Å²) in [6, 6.07) is 5.47. The predicted octanol–water partition coefficient (Wildman–Crippen LogP) is 3.66. The molecule has 0 saturated carbocycles. The Morgan fingerprint density at radius 3 is 2.71 bits per heavy atom. The van der Waals surface area contributed by atoms with Crippen LogP contribution in [0.2, 0.25) is 5.02 Å². The lowest BCUT2D eigenvalue weighted by Crippen LogP contribution is -1.97. The molecule has 0 atom stereocenters. The third kappa shape index (κ3) is 2.77. The minimum absolute atomic E-state index is 0.425. The molecule has 17 heavy (non-hydrogen) atoms. The van der Waals surface area contributed by atoms with Gasteiger partial charge in [-0.3, -0.25) is 0 Å². The molecule has 0 radical (unpaired) electrons. The zero-order valence-corrected chi connectivity index (χ0v) is 11.2. The smallest absolute Gasteiger partial charge is 0.279 e. The summed E-state index contributed by atoms with van der Waals surface area (Å²) < 4.78 is 5.64. The Morgan fingerprint density at radius 2 is 2.18 bits per heavy atom. The Bertz CT molecular complexity index is 520. The number of nitrogens with two attached hydrogens (primary N) is 1. The maximum absolute atomic E-state index is 6.06. The predicted molar refractivity (Wildman–Crippen MR) is 71.0 cm³/mol. The number of ether oxygens (including phenoxy) is 1. The second-order valence-electron chi connectivity index (χ2n) is 3.68. The lowest BCUT2D eigenvalue weighted by atomic mass is 10.2. The number of aryl methyl sites for hydroxylation is 2. The van der Waals surface area contributed by atoms with Gasteiger partial charge in [-0.25, -0.2) is 4.98 Å². The number of hydrogen-bond acceptors (Lipinski definition) is 4. The summed E-state index contributed by atoms with van der Waals surface area (Å²) in [5.41, 5.74) is 7.44. The number of benzene rings is 1. The summed E-state index contributed by atoms with van der Waals surface area (Å²) in [5.74, 6) is 0.681. The summed E-state index contributed by atoms with van der Waals surface area (Å²) in [6.07, 6.45) is 0. The molecule has 0 aliphatic carbocycles. The summed E-state index contributed by atoms with van der Waals surface area (Å²) >= 11 is 7.58. The van der Waals surface area contributed by atoms with Crippen LogP contribution in [0.3, 0.4) is 0 Å². The minimum atomic E-state index is 0.425. The van der Waals surface area contributed by atoms with Gasteiger partial charge in [0.25, 0.3) is 5.19 Å². The first-order valence-corrected chi connectivity index (χ1v) is 6.40. The van der Waals surface area contributed by atoms with Crippen molar-refractivity contribution >= 4 is 22.9 Å². The molecule has 1 heterocycles. The molecule has 0 fully saturated rings. The molecule has 0 aliphatic rings. The number of halogens is 1. The highest BCUT2D eigenvalue weighted by Gasteiger charge is 2.07. The average Bonchev–Trinajstić information content (AvgIpc) is 2.58. The summed E-state index contributed by atoms with van der Waals surface area (Å²) in [5, 5.41) is 1.26. The Labute approximate surface area is 109 Å². The van der Waals surface area contributed by atoms with Crippen LogP contribution in [0.15, 0.2) is 18.2 Å². The van der Waals surface area contributed by atoms with Crippen molar-refractivity contribution in [2.45, 2.75) is 20.4 Å². The van der Waals surface area contributed by atoms with Crippen molar-refractivity contribution in [1.29, 1.82) is 0 Å². The van der Waals surface area contributed by atoms with Gasteiger partial charge in [-0.15, -0.1) is 0 Å². The molecular formula is C12H13ClN2OS. The summed E-state index contributed by atoms with van der Waals surface area (Å²) in [7, 11) is 0. The van der Waals surface area contributed by atoms with Crippen LogP contribution >= 0.6 is 22.9 Å². The van der Waals surface area contributed by atoms with Crippen LogP contribution < -0.4 is 10.5 Å². The fourth-order valence-electron chi connectivity index (χ4n) is 1.34. The second-order valence-corrected chi connectivity index (χ2v) is 5.25. The van der Waals surface area contributed by atoms with Crippen molar-refractivity contribution < 1.29 is 4.74 Å². The summed E-state index contributed by atoms with van der Waals surface area (Å²) in [4.78, 5) is 5.46. The molecule has 2 N–H and O–H groups in total. The number of thiazole rings is 1. The molecule has 1 aromatic heterocycles. The first-order chi connectivity index (χ1) is 8.10. The van der Waals surface area contributed by atoms with Gasteiger partial charge in [-0.2, -0.15) is 0 Å². The number of aromatic nitrogens is 1. The van der Waals surface area contributed by atoms with Gasteiger partial charge in [0.15, 0.2) is 0 Å². The van der Waals surface area contributed by atoms with E-state index in [1.54, 1.807) is 6.07 Å². The van der Waals surface area contributed by atoms with Gasteiger partial charge in [-0.1, -0.05) is 29.0 Å². The topological polar surface area (TPSA) is 48.1 Å². The van der Waals surface area contributed by atoms with Crippen molar-refractivity contribution in [2.24, 2.45) is 5.73 Å². The van der Waals surface area contributed by atoms with Crippen molar-refractivity contribution in [2.75, 3.05) is 0 Å². The number of nitrogens with zero attached hydrogens (tertiary/aromatic N) is 1. The third-order valence-electron chi connectivity index (χ3n) is 2.46. The Balaban J connectivity index is 2.21. The van der Waals surface area contributed by atoms with Crippen molar-refractivity contribution in [3.8, 4) is 10.9 Å². The number of hydrogen-bond donors (Lipinski definition) is 1. The van der Waals surface area contributed by atoms with Crippen molar-refractivity contribution in [1.82, 2.24) is 4.98 Å². The average molecular weight is 269 g/mol. The second kappa shape index (κ2) is 5.04. The van der Waals surface area contributed by atoms with Crippen LogP contribution in [0.25, 0.3) is 0 Å². The van der Waals surface area contributed by atoms with E-state index in [-0.39, 0.29) is 0 Å². The quantitative estimate of drug-likeness (QED) is 0.924. The van der Waals surface area contributed by atoms with Crippen molar-refractivity contribution in [3.63, 3.8) is 0 Å². The molecule has 0 spiro atoms. The highest BCUT2D eigenvalue weighted by atomic mass is 35.5. The van der Waals surface area contributed by atoms with Gasteiger partial charge < -0.3 is 10.5 Å². The maximum Gasteiger partial charge on any atom is 0.279 e. The lowest BCUT2D eigenvalue weighted by molar-refractivity contribution is 0.478. The van der Waals surface area contributed by atoms with E-state index in [1.807, 2.05) is 26.0 Å². The molecule has 0 saturated heterocycles. The van der Waals surface area contributed by atoms with Gasteiger partial charge in [0, 0.05) is 16.4 Å². The summed E-state index contributed by atoms with van der Waals surface area (Å²) in [6.45, 7) is 4.40. The van der Waals surface area contributed by atoms with Crippen LogP contribution in [0.4, 0.5) is 0 Å². The minimum Gasteiger partial charge on any atom is -0.431 e. The van der Waals surface area contributed by atoms with E-state index in [2.05, 4.69) is 4.98 Å². The Kier molecular flexibility index (Phi) is 3.66. The fraction of sp³-hybridized carbons (Fsp3) is 0.250. The molecule has 2 aromatic rings. The molecule has 0 aliphatic heterocycles. The Hall–Kier alpha value is -1.10. The highest BCUT2D eigenvalue weighted by molar-refractivity contribution is 7.13. The molecule has 0 bridgehead atoms. The van der Waals surface area contributed by atoms with E-state index in [1.165, 1.54) is 11.3 Å². The molecule has 1 aromatic carbocycles. The van der Waals surface area contributed by atoms with Gasteiger partial charge in [0.2, 0.25) is 0 Å². The maximum atomic E-state index is 6.06. The van der Waals surface area contributed by atoms with E-state index in [9.17, 15) is 0 Å². The van der Waals surface area contributed by atoms with Crippen LogP contribution in [-0.2, 0) is 6.54 Å². The molecule has 3 nitrogen and oxygen atoms in total. The van der Waals surface area contributed by atoms with E-state index in [0.29, 0.717) is 22.5 Å². The van der Waals surface area contributed by atoms with Gasteiger partial charge in [0.1, 0.15) is 5.75 Å². The van der Waals surface area contributed by atoms with Crippen LogP contribution in [0, 0.1) is 13.8 Å². The zero-order valence-electron chi connectivity index (χ0n) is 9.66. The largest absolute Gasteiger partial charge is 0.431 e. The zero-order chi connectivity index (χ0) is 12.4. The molecule has 5 heteroatoms. The van der Waals surface area contributed by atoms with Crippen LogP contribution in [0.1, 0.15) is 16.1 Å². The van der Waals surface area contributed by atoms with Crippen LogP contribution in [-0.4, -0.2) is 4.98 Å². The first-order valence-electron chi connectivity index (χ1n) is 5.20. The van der Waals surface area contributed by atoms with Crippen LogP contribution in [0.5, 0.6) is 10.9 Å². The van der Waals surface area contributed by atoms with Gasteiger partial charge in [-0.05, 0) is 31.5 Å². The lowest BCUT2D eigenvalue weighted by Gasteiger charge is -2.05.